The van der Waals surface area contributed by atoms with Gasteiger partial charge in [0.2, 0.25) is 0 Å². The van der Waals surface area contributed by atoms with Gasteiger partial charge in [-0.1, -0.05) is 12.1 Å². The largest absolute Gasteiger partial charge is 0.454 e. The molecule has 78 valence electrons. The average Bonchev–Trinajstić information content (AvgIpc) is 2.62. The van der Waals surface area contributed by atoms with Crippen LogP contribution in [0.25, 0.3) is 11.0 Å². The van der Waals surface area contributed by atoms with Gasteiger partial charge in [-0.2, -0.15) is 8.44 Å². The predicted molar refractivity (Wildman–Crippen MR) is 61.5 cm³/mol. The fraction of sp³-hybridized carbons (Fsp3) is 0. The van der Waals surface area contributed by atoms with E-state index < -0.39 is 6.09 Å². The Morgan fingerprint density at radius 3 is 2.87 bits per heavy atom. The Kier molecular flexibility index (Phi) is 2.74. The minimum atomic E-state index is -0.704. The summed E-state index contributed by atoms with van der Waals surface area (Å²) in [5.74, 6) is 0. The summed E-state index contributed by atoms with van der Waals surface area (Å²) in [6.45, 7) is 0. The van der Waals surface area contributed by atoms with Gasteiger partial charge < -0.3 is 4.84 Å². The first-order valence-corrected chi connectivity index (χ1v) is 4.81. The molecule has 2 aromatic rings. The summed E-state index contributed by atoms with van der Waals surface area (Å²) >= 11 is 7.38. The Labute approximate surface area is 96.7 Å². The summed E-state index contributed by atoms with van der Waals surface area (Å²) < 4.78 is 2.01. The monoisotopic (exact) mass is 241 g/mol. The van der Waals surface area contributed by atoms with E-state index in [0.29, 0.717) is 5.52 Å². The van der Waals surface area contributed by atoms with E-state index in [0.717, 1.165) is 9.23 Å². The minimum Gasteiger partial charge on any atom is -0.314 e. The number of aromatic nitrogens is 2. The molecule has 0 spiro atoms. The molecule has 0 N–H and O–H groups in total. The van der Waals surface area contributed by atoms with Crippen molar-refractivity contribution in [3.63, 3.8) is 0 Å². The second-order valence-electron chi connectivity index (χ2n) is 2.71. The molecule has 1 aromatic heterocycles. The van der Waals surface area contributed by atoms with E-state index in [1.54, 1.807) is 6.07 Å². The van der Waals surface area contributed by atoms with E-state index in [-0.39, 0.29) is 0 Å². The van der Waals surface area contributed by atoms with Gasteiger partial charge in [-0.05, 0) is 37.8 Å². The molecule has 5 nitrogen and oxygen atoms in total. The Morgan fingerprint density at radius 2 is 2.13 bits per heavy atom. The summed E-state index contributed by atoms with van der Waals surface area (Å²) in [6, 6.07) is 7.29. The Morgan fingerprint density at radius 1 is 1.40 bits per heavy atom. The molecule has 0 fully saturated rings. The molecule has 0 aliphatic carbocycles. The fourth-order valence-electron chi connectivity index (χ4n) is 1.13. The zero-order valence-electron chi connectivity index (χ0n) is 7.44. The summed E-state index contributed by atoms with van der Waals surface area (Å²) in [5.41, 5.74) is 1.45. The lowest BCUT2D eigenvalue weighted by atomic mass is 10.3. The number of rotatable bonds is 1. The molecular formula is C8H7N3O2S2. The van der Waals surface area contributed by atoms with Crippen LogP contribution in [0.3, 0.4) is 0 Å². The highest BCUT2D eigenvalue weighted by molar-refractivity contribution is 7.94. The molecule has 0 unspecified atom stereocenters. The van der Waals surface area contributed by atoms with Crippen molar-refractivity contribution >= 4 is 42.8 Å². The lowest BCUT2D eigenvalue weighted by Crippen LogP contribution is -2.24. The van der Waals surface area contributed by atoms with Gasteiger partial charge in [0.1, 0.15) is 11.8 Å². The number of thiol groups is 2. The quantitative estimate of drug-likeness (QED) is 0.745. The van der Waals surface area contributed by atoms with Crippen LogP contribution in [-0.4, -0.2) is 19.5 Å². The molecule has 15 heavy (non-hydrogen) atoms. The lowest BCUT2D eigenvalue weighted by molar-refractivity contribution is 0.134. The van der Waals surface area contributed by atoms with E-state index >= 15 is 0 Å². The summed E-state index contributed by atoms with van der Waals surface area (Å²) in [6.07, 6.45) is 0.706. The van der Waals surface area contributed by atoms with Gasteiger partial charge in [0.15, 0.2) is 0 Å². The highest BCUT2D eigenvalue weighted by atomic mass is 32.2. The smallest absolute Gasteiger partial charge is 0.314 e. The van der Waals surface area contributed by atoms with Gasteiger partial charge in [-0.25, -0.2) is 9.78 Å². The summed E-state index contributed by atoms with van der Waals surface area (Å²) in [7, 11) is 0. The van der Waals surface area contributed by atoms with E-state index in [9.17, 15) is 4.79 Å². The normalized spacial score (nSPS) is 10.3. The number of benzene rings is 1. The Hall–Kier alpha value is -1.34. The maximum Gasteiger partial charge on any atom is 0.454 e. The first-order chi connectivity index (χ1) is 7.18. The number of nitrogens with zero attached hydrogens (tertiary/aromatic N) is 3. The second kappa shape index (κ2) is 4.03. The van der Waals surface area contributed by atoms with Crippen LogP contribution in [0.4, 0.5) is 4.79 Å². The number of carbonyl (C=O) groups excluding carboxylic acids is 1. The third-order valence-corrected chi connectivity index (χ3v) is 2.09. The summed E-state index contributed by atoms with van der Waals surface area (Å²) in [4.78, 5) is 20.1. The molecular weight excluding hydrogens is 234 g/mol. The highest BCUT2D eigenvalue weighted by Gasteiger charge is 2.10. The van der Waals surface area contributed by atoms with Gasteiger partial charge in [0, 0.05) is 0 Å². The average molecular weight is 241 g/mol. The molecule has 0 saturated carbocycles. The van der Waals surface area contributed by atoms with Crippen LogP contribution in [0.2, 0.25) is 0 Å². The molecule has 0 aliphatic rings. The zero-order valence-corrected chi connectivity index (χ0v) is 9.23. The highest BCUT2D eigenvalue weighted by Crippen LogP contribution is 2.11. The number of fused-ring (bicyclic) bond motifs is 1. The van der Waals surface area contributed by atoms with Crippen LogP contribution in [0.1, 0.15) is 0 Å². The number of carbonyl (C=O) groups is 1. The predicted octanol–water partition coefficient (Wildman–Crippen LogP) is 1.58. The van der Waals surface area contributed by atoms with Crippen LogP contribution < -0.4 is 4.84 Å². The van der Waals surface area contributed by atoms with E-state index in [4.69, 9.17) is 4.84 Å². The van der Waals surface area contributed by atoms with E-state index in [2.05, 4.69) is 30.6 Å². The molecule has 1 aromatic carbocycles. The number of imidazole rings is 1. The standard InChI is InChI=1S/C8H7N3O2S2/c12-8(11(14)15)13-10-5-9-6-3-1-2-4-7(6)10/h1-5,14-15H. The van der Waals surface area contributed by atoms with Gasteiger partial charge >= 0.3 is 6.09 Å². The molecule has 7 heteroatoms. The lowest BCUT2D eigenvalue weighted by Gasteiger charge is -2.08. The van der Waals surface area contributed by atoms with E-state index in [1.165, 1.54) is 11.1 Å². The van der Waals surface area contributed by atoms with Crippen LogP contribution in [0.5, 0.6) is 0 Å². The van der Waals surface area contributed by atoms with Crippen LogP contribution >= 0.6 is 25.6 Å². The number of para-hydroxylation sites is 2. The molecule has 0 atom stereocenters. The number of hydrogen-bond acceptors (Lipinski definition) is 5. The van der Waals surface area contributed by atoms with Gasteiger partial charge in [0.25, 0.3) is 0 Å². The molecule has 0 radical (unpaired) electrons. The molecule has 0 saturated heterocycles. The first kappa shape index (κ1) is 10.2. The minimum absolute atomic E-state index is 0.703. The van der Waals surface area contributed by atoms with Crippen molar-refractivity contribution in [1.29, 1.82) is 0 Å². The maximum atomic E-state index is 11.2. The summed E-state index contributed by atoms with van der Waals surface area (Å²) in [5, 5.41) is 0. The van der Waals surface area contributed by atoms with Crippen molar-refractivity contribution in [2.45, 2.75) is 0 Å². The van der Waals surface area contributed by atoms with Crippen molar-refractivity contribution in [2.75, 3.05) is 0 Å². The van der Waals surface area contributed by atoms with Gasteiger partial charge in [0.05, 0.1) is 5.52 Å². The van der Waals surface area contributed by atoms with Crippen LogP contribution in [0, 0.1) is 0 Å². The van der Waals surface area contributed by atoms with Gasteiger partial charge in [-0.3, -0.25) is 0 Å². The molecule has 0 aliphatic heterocycles. The third-order valence-electron chi connectivity index (χ3n) is 1.76. The topological polar surface area (TPSA) is 47.4 Å². The molecule has 1 heterocycles. The Balaban J connectivity index is 2.33. The van der Waals surface area contributed by atoms with Crippen molar-refractivity contribution < 1.29 is 9.63 Å². The number of hydrogen-bond donors (Lipinski definition) is 2. The SMILES string of the molecule is O=C(On1cnc2ccccc21)N(S)S. The molecule has 0 bridgehead atoms. The van der Waals surface area contributed by atoms with Gasteiger partial charge in [-0.15, -0.1) is 0 Å². The van der Waals surface area contributed by atoms with Crippen molar-refractivity contribution in [2.24, 2.45) is 0 Å². The maximum absolute atomic E-state index is 11.2. The van der Waals surface area contributed by atoms with Crippen molar-refractivity contribution in [3.8, 4) is 0 Å². The van der Waals surface area contributed by atoms with Crippen LogP contribution in [-0.2, 0) is 0 Å². The third kappa shape index (κ3) is 2.02. The molecule has 1 amide bonds. The molecule has 2 rings (SSSR count). The first-order valence-electron chi connectivity index (χ1n) is 4.01. The number of amides is 1. The van der Waals surface area contributed by atoms with Crippen molar-refractivity contribution in [3.05, 3.63) is 30.6 Å². The Bertz CT molecular complexity index is 497. The van der Waals surface area contributed by atoms with E-state index in [1.807, 2.05) is 18.2 Å². The fourth-order valence-corrected chi connectivity index (χ4v) is 1.20. The van der Waals surface area contributed by atoms with Crippen LogP contribution in [0.15, 0.2) is 30.6 Å². The van der Waals surface area contributed by atoms with Crippen molar-refractivity contribution in [1.82, 2.24) is 13.4 Å². The second-order valence-corrected chi connectivity index (χ2v) is 3.82. The zero-order chi connectivity index (χ0) is 10.8.